The summed E-state index contributed by atoms with van der Waals surface area (Å²) in [7, 11) is -0.216. The third-order valence-electron chi connectivity index (χ3n) is 5.30. The van der Waals surface area contributed by atoms with E-state index in [9.17, 15) is 8.42 Å². The lowest BCUT2D eigenvalue weighted by Crippen LogP contribution is -2.42. The predicted molar refractivity (Wildman–Crippen MR) is 114 cm³/mol. The van der Waals surface area contributed by atoms with Crippen molar-refractivity contribution in [3.05, 3.63) is 42.0 Å². The zero-order valence-corrected chi connectivity index (χ0v) is 18.0. The van der Waals surface area contributed by atoms with Gasteiger partial charge in [0, 0.05) is 59.5 Å². The fourth-order valence-corrected chi connectivity index (χ4v) is 4.81. The lowest BCUT2D eigenvalue weighted by Gasteiger charge is -2.25. The van der Waals surface area contributed by atoms with Crippen molar-refractivity contribution in [1.82, 2.24) is 19.8 Å². The van der Waals surface area contributed by atoms with Crippen molar-refractivity contribution >= 4 is 16.0 Å². The van der Waals surface area contributed by atoms with E-state index < -0.39 is 10.0 Å². The maximum Gasteiger partial charge on any atom is 0.240 e. The predicted octanol–water partition coefficient (Wildman–Crippen LogP) is 0.633. The summed E-state index contributed by atoms with van der Waals surface area (Å²) < 4.78 is 32.2. The van der Waals surface area contributed by atoms with Crippen LogP contribution in [0.1, 0.15) is 12.0 Å². The van der Waals surface area contributed by atoms with Crippen LogP contribution >= 0.6 is 0 Å². The van der Waals surface area contributed by atoms with Crippen LogP contribution in [0.25, 0.3) is 0 Å². The average molecular weight is 422 g/mol. The van der Waals surface area contributed by atoms with E-state index in [4.69, 9.17) is 4.74 Å². The standard InChI is InChI=1S/C20H31N5O3S/c1-21-20(25-12-8-18(16-25)24-10-3-4-11-24)22-15-17-6-5-7-19(14-17)29(26,27)23-9-13-28-2/h3-7,14,18,23H,8-13,15-16H2,1-2H3,(H,21,22). The van der Waals surface area contributed by atoms with Gasteiger partial charge >= 0.3 is 0 Å². The van der Waals surface area contributed by atoms with E-state index in [-0.39, 0.29) is 11.4 Å². The van der Waals surface area contributed by atoms with E-state index in [2.05, 4.69) is 37.0 Å². The molecule has 1 aromatic rings. The number of methoxy groups -OCH3 is 1. The van der Waals surface area contributed by atoms with E-state index in [1.807, 2.05) is 6.07 Å². The molecule has 8 nitrogen and oxygen atoms in total. The van der Waals surface area contributed by atoms with Gasteiger partial charge < -0.3 is 15.0 Å². The highest BCUT2D eigenvalue weighted by Crippen LogP contribution is 2.18. The van der Waals surface area contributed by atoms with Gasteiger partial charge in [0.05, 0.1) is 11.5 Å². The van der Waals surface area contributed by atoms with Crippen LogP contribution in [0.2, 0.25) is 0 Å². The van der Waals surface area contributed by atoms with Crippen LogP contribution in [0.15, 0.2) is 46.3 Å². The number of benzene rings is 1. The van der Waals surface area contributed by atoms with Gasteiger partial charge in [-0.1, -0.05) is 24.3 Å². The topological polar surface area (TPSA) is 86.3 Å². The zero-order valence-electron chi connectivity index (χ0n) is 17.2. The largest absolute Gasteiger partial charge is 0.383 e. The number of hydrogen-bond donors (Lipinski definition) is 2. The Bertz CT molecular complexity index is 832. The molecule has 1 aromatic carbocycles. The van der Waals surface area contributed by atoms with Gasteiger partial charge in [-0.05, 0) is 24.1 Å². The highest BCUT2D eigenvalue weighted by Gasteiger charge is 2.29. The first kappa shape index (κ1) is 21.8. The van der Waals surface area contributed by atoms with Gasteiger partial charge in [-0.2, -0.15) is 0 Å². The summed E-state index contributed by atoms with van der Waals surface area (Å²) in [6.07, 6.45) is 5.57. The first-order valence-corrected chi connectivity index (χ1v) is 11.4. The molecule has 0 saturated carbocycles. The van der Waals surface area contributed by atoms with Crippen molar-refractivity contribution in [1.29, 1.82) is 0 Å². The summed E-state index contributed by atoms with van der Waals surface area (Å²) in [6.45, 7) is 5.09. The van der Waals surface area contributed by atoms with Crippen LogP contribution in [0.4, 0.5) is 0 Å². The van der Waals surface area contributed by atoms with Gasteiger partial charge in [0.25, 0.3) is 0 Å². The molecular formula is C20H31N5O3S. The maximum atomic E-state index is 12.4. The van der Waals surface area contributed by atoms with Crippen molar-refractivity contribution in [2.24, 2.45) is 4.99 Å². The van der Waals surface area contributed by atoms with E-state index in [0.29, 0.717) is 19.2 Å². The van der Waals surface area contributed by atoms with Crippen LogP contribution in [-0.2, 0) is 21.3 Å². The third kappa shape index (κ3) is 5.79. The molecule has 0 radical (unpaired) electrons. The van der Waals surface area contributed by atoms with Crippen molar-refractivity contribution in [3.8, 4) is 0 Å². The summed E-state index contributed by atoms with van der Waals surface area (Å²) in [4.78, 5) is 9.43. The third-order valence-corrected chi connectivity index (χ3v) is 6.75. The summed E-state index contributed by atoms with van der Waals surface area (Å²) in [5.41, 5.74) is 0.889. The van der Waals surface area contributed by atoms with E-state index in [1.54, 1.807) is 25.2 Å². The molecule has 9 heteroatoms. The van der Waals surface area contributed by atoms with Gasteiger partial charge in [-0.3, -0.25) is 9.89 Å². The number of sulfonamides is 1. The second-order valence-corrected chi connectivity index (χ2v) is 9.02. The SMILES string of the molecule is CN=C(NCc1cccc(S(=O)(=O)NCCOC)c1)N1CCC(N2CC=CC2)C1. The fraction of sp³-hybridized carbons (Fsp3) is 0.550. The van der Waals surface area contributed by atoms with Crippen LogP contribution in [-0.4, -0.2) is 83.7 Å². The number of hydrogen-bond acceptors (Lipinski definition) is 5. The number of ether oxygens (including phenoxy) is 1. The molecule has 29 heavy (non-hydrogen) atoms. The fourth-order valence-electron chi connectivity index (χ4n) is 3.72. The second-order valence-electron chi connectivity index (χ2n) is 7.25. The van der Waals surface area contributed by atoms with Crippen LogP contribution in [0, 0.1) is 0 Å². The molecule has 1 fully saturated rings. The molecule has 160 valence electrons. The molecule has 0 spiro atoms. The van der Waals surface area contributed by atoms with Crippen LogP contribution < -0.4 is 10.0 Å². The summed E-state index contributed by atoms with van der Waals surface area (Å²) in [5.74, 6) is 0.853. The van der Waals surface area contributed by atoms with Crippen LogP contribution in [0.5, 0.6) is 0 Å². The summed E-state index contributed by atoms with van der Waals surface area (Å²) in [6, 6.07) is 7.52. The minimum absolute atomic E-state index is 0.247. The van der Waals surface area contributed by atoms with Gasteiger partial charge in [0.15, 0.2) is 5.96 Å². The van der Waals surface area contributed by atoms with Crippen molar-refractivity contribution in [2.75, 3.05) is 53.5 Å². The number of aliphatic imine (C=N–C) groups is 1. The van der Waals surface area contributed by atoms with Crippen LogP contribution in [0.3, 0.4) is 0 Å². The summed E-state index contributed by atoms with van der Waals surface area (Å²) in [5, 5.41) is 3.38. The van der Waals surface area contributed by atoms with E-state index in [1.165, 1.54) is 7.11 Å². The number of nitrogens with one attached hydrogen (secondary N) is 2. The van der Waals surface area contributed by atoms with Crippen molar-refractivity contribution in [3.63, 3.8) is 0 Å². The molecule has 1 unspecified atom stereocenters. The number of nitrogens with zero attached hydrogens (tertiary/aromatic N) is 3. The molecule has 0 bridgehead atoms. The minimum atomic E-state index is -3.54. The number of likely N-dealkylation sites (tertiary alicyclic amines) is 1. The smallest absolute Gasteiger partial charge is 0.240 e. The summed E-state index contributed by atoms with van der Waals surface area (Å²) >= 11 is 0. The molecule has 0 aliphatic carbocycles. The Morgan fingerprint density at radius 2 is 2.10 bits per heavy atom. The Hall–Kier alpha value is -1.94. The second kappa shape index (κ2) is 10.2. The molecule has 1 saturated heterocycles. The highest BCUT2D eigenvalue weighted by molar-refractivity contribution is 7.89. The normalized spacial score (nSPS) is 20.6. The quantitative estimate of drug-likeness (QED) is 0.277. The Balaban J connectivity index is 1.56. The molecule has 2 aliphatic heterocycles. The molecule has 2 aliphatic rings. The van der Waals surface area contributed by atoms with Gasteiger partial charge in [-0.15, -0.1) is 0 Å². The Morgan fingerprint density at radius 1 is 1.31 bits per heavy atom. The number of rotatable bonds is 8. The first-order chi connectivity index (χ1) is 14.0. The molecule has 1 atom stereocenters. The van der Waals surface area contributed by atoms with Crippen molar-refractivity contribution in [2.45, 2.75) is 23.9 Å². The minimum Gasteiger partial charge on any atom is -0.383 e. The van der Waals surface area contributed by atoms with E-state index in [0.717, 1.165) is 44.1 Å². The van der Waals surface area contributed by atoms with Gasteiger partial charge in [0.1, 0.15) is 0 Å². The van der Waals surface area contributed by atoms with E-state index >= 15 is 0 Å². The molecule has 2 heterocycles. The lowest BCUT2D eigenvalue weighted by molar-refractivity contribution is 0.204. The lowest BCUT2D eigenvalue weighted by atomic mass is 10.2. The number of guanidine groups is 1. The average Bonchev–Trinajstić information content (AvgIpc) is 3.41. The molecular weight excluding hydrogens is 390 g/mol. The Morgan fingerprint density at radius 3 is 2.83 bits per heavy atom. The van der Waals surface area contributed by atoms with Crippen molar-refractivity contribution < 1.29 is 13.2 Å². The Kier molecular flexibility index (Phi) is 7.65. The molecule has 0 aromatic heterocycles. The Labute approximate surface area is 173 Å². The monoisotopic (exact) mass is 421 g/mol. The molecule has 3 rings (SSSR count). The maximum absolute atomic E-state index is 12.4. The van der Waals surface area contributed by atoms with Gasteiger partial charge in [-0.25, -0.2) is 13.1 Å². The molecule has 2 N–H and O–H groups in total. The molecule has 0 amide bonds. The van der Waals surface area contributed by atoms with Gasteiger partial charge in [0.2, 0.25) is 10.0 Å². The first-order valence-electron chi connectivity index (χ1n) is 9.95. The zero-order chi connectivity index (χ0) is 20.7. The highest BCUT2D eigenvalue weighted by atomic mass is 32.2.